The van der Waals surface area contributed by atoms with Crippen LogP contribution < -0.4 is 5.32 Å². The highest BCUT2D eigenvalue weighted by atomic mass is 79.9. The molecule has 1 aromatic heterocycles. The van der Waals surface area contributed by atoms with E-state index in [-0.39, 0.29) is 0 Å². The van der Waals surface area contributed by atoms with E-state index in [1.54, 1.807) is 0 Å². The van der Waals surface area contributed by atoms with Crippen LogP contribution in [0.15, 0.2) is 39.4 Å². The number of hydrogen-bond donors (Lipinski definition) is 1. The van der Waals surface area contributed by atoms with E-state index in [1.807, 2.05) is 12.1 Å². The SMILES string of the molecule is CCc1ccc(NCc2ccc(Br)o2)cc1C. The second kappa shape index (κ2) is 5.41. The zero-order valence-electron chi connectivity index (χ0n) is 10.1. The maximum Gasteiger partial charge on any atom is 0.169 e. The first-order valence-corrected chi connectivity index (χ1v) is 6.56. The summed E-state index contributed by atoms with van der Waals surface area (Å²) >= 11 is 3.29. The third-order valence-corrected chi connectivity index (χ3v) is 3.25. The summed E-state index contributed by atoms with van der Waals surface area (Å²) in [7, 11) is 0. The molecule has 0 amide bonds. The lowest BCUT2D eigenvalue weighted by atomic mass is 10.1. The van der Waals surface area contributed by atoms with Gasteiger partial charge in [0, 0.05) is 5.69 Å². The fourth-order valence-electron chi connectivity index (χ4n) is 1.84. The van der Waals surface area contributed by atoms with Crippen molar-refractivity contribution in [1.29, 1.82) is 0 Å². The first kappa shape index (κ1) is 12.2. The lowest BCUT2D eigenvalue weighted by Gasteiger charge is -2.08. The Morgan fingerprint density at radius 1 is 1.24 bits per heavy atom. The summed E-state index contributed by atoms with van der Waals surface area (Å²) in [5.74, 6) is 0.925. The number of aryl methyl sites for hydroxylation is 2. The predicted molar refractivity (Wildman–Crippen MR) is 74.3 cm³/mol. The molecule has 0 aliphatic carbocycles. The van der Waals surface area contributed by atoms with E-state index in [0.717, 1.165) is 22.5 Å². The summed E-state index contributed by atoms with van der Waals surface area (Å²) < 4.78 is 6.20. The number of hydrogen-bond acceptors (Lipinski definition) is 2. The number of nitrogens with one attached hydrogen (secondary N) is 1. The number of halogens is 1. The summed E-state index contributed by atoms with van der Waals surface area (Å²) in [4.78, 5) is 0. The number of benzene rings is 1. The molecule has 0 bridgehead atoms. The van der Waals surface area contributed by atoms with Gasteiger partial charge in [-0.15, -0.1) is 0 Å². The molecule has 0 atom stereocenters. The van der Waals surface area contributed by atoms with Crippen LogP contribution in [0.3, 0.4) is 0 Å². The van der Waals surface area contributed by atoms with Crippen LogP contribution in [-0.2, 0) is 13.0 Å². The second-order valence-electron chi connectivity index (χ2n) is 4.05. The topological polar surface area (TPSA) is 25.2 Å². The van der Waals surface area contributed by atoms with Gasteiger partial charge in [-0.05, 0) is 64.7 Å². The molecule has 0 unspecified atom stereocenters. The minimum atomic E-state index is 0.705. The molecule has 1 heterocycles. The molecule has 3 heteroatoms. The van der Waals surface area contributed by atoms with Crippen molar-refractivity contribution < 1.29 is 4.42 Å². The van der Waals surface area contributed by atoms with Crippen LogP contribution in [0, 0.1) is 6.92 Å². The van der Waals surface area contributed by atoms with Crippen LogP contribution in [0.4, 0.5) is 5.69 Å². The van der Waals surface area contributed by atoms with Crippen molar-refractivity contribution in [1.82, 2.24) is 0 Å². The maximum atomic E-state index is 5.43. The van der Waals surface area contributed by atoms with Crippen LogP contribution in [-0.4, -0.2) is 0 Å². The van der Waals surface area contributed by atoms with Crippen LogP contribution >= 0.6 is 15.9 Å². The molecular formula is C14H16BrNO. The van der Waals surface area contributed by atoms with Crippen LogP contribution in [0.5, 0.6) is 0 Å². The molecule has 0 aliphatic heterocycles. The van der Waals surface area contributed by atoms with Crippen molar-refractivity contribution >= 4 is 21.6 Å². The standard InChI is InChI=1S/C14H16BrNO/c1-3-11-4-5-12(8-10(11)2)16-9-13-6-7-14(15)17-13/h4-8,16H,3,9H2,1-2H3. The van der Waals surface area contributed by atoms with Gasteiger partial charge in [0.2, 0.25) is 0 Å². The highest BCUT2D eigenvalue weighted by Crippen LogP contribution is 2.18. The van der Waals surface area contributed by atoms with Gasteiger partial charge >= 0.3 is 0 Å². The van der Waals surface area contributed by atoms with Crippen LogP contribution in [0.25, 0.3) is 0 Å². The summed E-state index contributed by atoms with van der Waals surface area (Å²) in [5.41, 5.74) is 3.86. The van der Waals surface area contributed by atoms with E-state index < -0.39 is 0 Å². The predicted octanol–water partition coefficient (Wildman–Crippen LogP) is 4.53. The fourth-order valence-corrected chi connectivity index (χ4v) is 2.18. The van der Waals surface area contributed by atoms with Gasteiger partial charge < -0.3 is 9.73 Å². The minimum Gasteiger partial charge on any atom is -0.452 e. The molecule has 17 heavy (non-hydrogen) atoms. The average Bonchev–Trinajstić information content (AvgIpc) is 2.73. The van der Waals surface area contributed by atoms with E-state index in [9.17, 15) is 0 Å². The normalized spacial score (nSPS) is 10.5. The minimum absolute atomic E-state index is 0.705. The molecule has 0 saturated heterocycles. The summed E-state index contributed by atoms with van der Waals surface area (Å²) in [6.07, 6.45) is 1.08. The van der Waals surface area contributed by atoms with Gasteiger partial charge in [0.25, 0.3) is 0 Å². The second-order valence-corrected chi connectivity index (χ2v) is 4.84. The highest BCUT2D eigenvalue weighted by Gasteiger charge is 2.01. The van der Waals surface area contributed by atoms with E-state index >= 15 is 0 Å². The summed E-state index contributed by atoms with van der Waals surface area (Å²) in [5, 5.41) is 3.35. The molecule has 2 aromatic rings. The third kappa shape index (κ3) is 3.13. The maximum absolute atomic E-state index is 5.43. The summed E-state index contributed by atoms with van der Waals surface area (Å²) in [6.45, 7) is 5.03. The van der Waals surface area contributed by atoms with Crippen molar-refractivity contribution in [2.45, 2.75) is 26.8 Å². The Balaban J connectivity index is 2.02. The van der Waals surface area contributed by atoms with Gasteiger partial charge in [0.15, 0.2) is 4.67 Å². The van der Waals surface area contributed by atoms with Crippen molar-refractivity contribution in [3.8, 4) is 0 Å². The molecule has 1 N–H and O–H groups in total. The molecule has 0 spiro atoms. The molecule has 0 fully saturated rings. The van der Waals surface area contributed by atoms with Gasteiger partial charge in [0.1, 0.15) is 5.76 Å². The first-order chi connectivity index (χ1) is 8.19. The Morgan fingerprint density at radius 3 is 2.65 bits per heavy atom. The van der Waals surface area contributed by atoms with Crippen LogP contribution in [0.2, 0.25) is 0 Å². The van der Waals surface area contributed by atoms with Gasteiger partial charge in [0.05, 0.1) is 6.54 Å². The largest absolute Gasteiger partial charge is 0.452 e. The zero-order valence-corrected chi connectivity index (χ0v) is 11.7. The van der Waals surface area contributed by atoms with Crippen molar-refractivity contribution in [2.75, 3.05) is 5.32 Å². The van der Waals surface area contributed by atoms with Gasteiger partial charge in [-0.25, -0.2) is 0 Å². The quantitative estimate of drug-likeness (QED) is 0.896. The Kier molecular flexibility index (Phi) is 3.89. The van der Waals surface area contributed by atoms with Gasteiger partial charge in [-0.2, -0.15) is 0 Å². The number of furan rings is 1. The van der Waals surface area contributed by atoms with Crippen LogP contribution in [0.1, 0.15) is 23.8 Å². The third-order valence-electron chi connectivity index (χ3n) is 2.82. The molecule has 0 saturated carbocycles. The highest BCUT2D eigenvalue weighted by molar-refractivity contribution is 9.10. The van der Waals surface area contributed by atoms with Crippen molar-refractivity contribution in [3.05, 3.63) is 51.9 Å². The number of anilines is 1. The van der Waals surface area contributed by atoms with E-state index in [1.165, 1.54) is 11.1 Å². The Hall–Kier alpha value is -1.22. The Labute approximate surface area is 110 Å². The number of rotatable bonds is 4. The van der Waals surface area contributed by atoms with Crippen molar-refractivity contribution in [3.63, 3.8) is 0 Å². The molecule has 1 aromatic carbocycles. The van der Waals surface area contributed by atoms with E-state index in [2.05, 4.69) is 53.3 Å². The smallest absolute Gasteiger partial charge is 0.169 e. The average molecular weight is 294 g/mol. The van der Waals surface area contributed by atoms with E-state index in [0.29, 0.717) is 6.54 Å². The molecule has 0 radical (unpaired) electrons. The molecule has 90 valence electrons. The Morgan fingerprint density at radius 2 is 2.06 bits per heavy atom. The Bertz CT molecular complexity index is 505. The summed E-state index contributed by atoms with van der Waals surface area (Å²) in [6, 6.07) is 10.3. The molecule has 0 aliphatic rings. The lowest BCUT2D eigenvalue weighted by molar-refractivity contribution is 0.495. The van der Waals surface area contributed by atoms with Crippen molar-refractivity contribution in [2.24, 2.45) is 0 Å². The fraction of sp³-hybridized carbons (Fsp3) is 0.286. The van der Waals surface area contributed by atoms with Gasteiger partial charge in [-0.1, -0.05) is 13.0 Å². The monoisotopic (exact) mass is 293 g/mol. The lowest BCUT2D eigenvalue weighted by Crippen LogP contribution is -1.99. The van der Waals surface area contributed by atoms with E-state index in [4.69, 9.17) is 4.42 Å². The first-order valence-electron chi connectivity index (χ1n) is 5.76. The van der Waals surface area contributed by atoms with Gasteiger partial charge in [-0.3, -0.25) is 0 Å². The zero-order chi connectivity index (χ0) is 12.3. The molecular weight excluding hydrogens is 278 g/mol. The molecule has 2 rings (SSSR count). The molecule has 2 nitrogen and oxygen atoms in total.